The van der Waals surface area contributed by atoms with E-state index in [0.717, 1.165) is 5.69 Å². The lowest BCUT2D eigenvalue weighted by molar-refractivity contribution is -0.119. The number of anilines is 1. The van der Waals surface area contributed by atoms with Gasteiger partial charge in [0, 0.05) is 17.7 Å². The highest BCUT2D eigenvalue weighted by atomic mass is 16.2. The molecule has 1 atom stereocenters. The normalized spacial score (nSPS) is 17.9. The van der Waals surface area contributed by atoms with Crippen molar-refractivity contribution in [3.8, 4) is 0 Å². The zero-order chi connectivity index (χ0) is 10.1. The fourth-order valence-electron chi connectivity index (χ4n) is 1.53. The molecule has 1 aromatic rings. The van der Waals surface area contributed by atoms with E-state index in [1.54, 1.807) is 0 Å². The van der Waals surface area contributed by atoms with Gasteiger partial charge in [0.2, 0.25) is 5.91 Å². The molecule has 14 heavy (non-hydrogen) atoms. The fourth-order valence-corrected chi connectivity index (χ4v) is 1.53. The van der Waals surface area contributed by atoms with E-state index in [2.05, 4.69) is 15.5 Å². The molecule has 0 radical (unpaired) electrons. The maximum Gasteiger partial charge on any atom is 0.228 e. The number of carbonyl (C=O) groups excluding carboxylic acids is 1. The molecule has 1 aliphatic rings. The van der Waals surface area contributed by atoms with Crippen LogP contribution in [0.15, 0.2) is 6.07 Å². The van der Waals surface area contributed by atoms with Crippen molar-refractivity contribution in [3.05, 3.63) is 11.8 Å². The quantitative estimate of drug-likeness (QED) is 0.767. The topological polar surface area (TPSA) is 57.8 Å². The largest absolute Gasteiger partial charge is 0.309 e. The minimum absolute atomic E-state index is 0.0824. The number of amides is 1. The van der Waals surface area contributed by atoms with Gasteiger partial charge in [0.1, 0.15) is 0 Å². The second-order valence-corrected chi connectivity index (χ2v) is 4.05. The molecule has 1 unspecified atom stereocenters. The van der Waals surface area contributed by atoms with Crippen molar-refractivity contribution in [1.82, 2.24) is 10.2 Å². The van der Waals surface area contributed by atoms with E-state index in [0.29, 0.717) is 11.7 Å². The average Bonchev–Trinajstić information content (AvgIpc) is 2.91. The van der Waals surface area contributed by atoms with Gasteiger partial charge in [-0.15, -0.1) is 0 Å². The first-order valence-corrected chi connectivity index (χ1v) is 4.99. The number of aromatic nitrogens is 2. The Hall–Kier alpha value is -1.32. The summed E-state index contributed by atoms with van der Waals surface area (Å²) in [7, 11) is 0. The Morgan fingerprint density at radius 3 is 2.93 bits per heavy atom. The van der Waals surface area contributed by atoms with Crippen molar-refractivity contribution < 1.29 is 4.79 Å². The summed E-state index contributed by atoms with van der Waals surface area (Å²) in [6.07, 6.45) is 2.38. The number of nitrogens with one attached hydrogen (secondary N) is 2. The Bertz CT molecular complexity index is 341. The maximum absolute atomic E-state index is 11.6. The van der Waals surface area contributed by atoms with E-state index in [4.69, 9.17) is 0 Å². The van der Waals surface area contributed by atoms with Crippen molar-refractivity contribution in [1.29, 1.82) is 0 Å². The summed E-state index contributed by atoms with van der Waals surface area (Å²) in [5, 5.41) is 9.56. The molecule has 1 heterocycles. The average molecular weight is 193 g/mol. The molecule has 1 aliphatic carbocycles. The SMILES string of the molecule is Cc1cc(NC(=O)C(C)C2CC2)n[nH]1. The maximum atomic E-state index is 11.6. The van der Waals surface area contributed by atoms with Crippen LogP contribution < -0.4 is 5.32 Å². The van der Waals surface area contributed by atoms with Gasteiger partial charge in [-0.3, -0.25) is 9.89 Å². The Morgan fingerprint density at radius 2 is 2.43 bits per heavy atom. The molecule has 1 aromatic heterocycles. The third kappa shape index (κ3) is 1.95. The highest BCUT2D eigenvalue weighted by Gasteiger charge is 2.32. The van der Waals surface area contributed by atoms with Crippen molar-refractivity contribution >= 4 is 11.7 Å². The molecule has 0 aliphatic heterocycles. The lowest BCUT2D eigenvalue weighted by Crippen LogP contribution is -2.21. The number of nitrogens with zero attached hydrogens (tertiary/aromatic N) is 1. The zero-order valence-electron chi connectivity index (χ0n) is 8.50. The first-order chi connectivity index (χ1) is 6.66. The molecule has 0 spiro atoms. The van der Waals surface area contributed by atoms with Gasteiger partial charge in [0.25, 0.3) is 0 Å². The van der Waals surface area contributed by atoms with Crippen LogP contribution in [0.25, 0.3) is 0 Å². The van der Waals surface area contributed by atoms with Gasteiger partial charge in [-0.25, -0.2) is 0 Å². The molecule has 76 valence electrons. The molecule has 0 saturated heterocycles. The van der Waals surface area contributed by atoms with Gasteiger partial charge in [-0.1, -0.05) is 6.92 Å². The van der Waals surface area contributed by atoms with Crippen LogP contribution in [-0.2, 0) is 4.79 Å². The van der Waals surface area contributed by atoms with E-state index in [9.17, 15) is 4.79 Å². The minimum atomic E-state index is 0.0824. The van der Waals surface area contributed by atoms with Gasteiger partial charge in [0.15, 0.2) is 5.82 Å². The lowest BCUT2D eigenvalue weighted by Gasteiger charge is -2.08. The molecule has 1 saturated carbocycles. The number of rotatable bonds is 3. The van der Waals surface area contributed by atoms with Gasteiger partial charge >= 0.3 is 0 Å². The predicted molar refractivity (Wildman–Crippen MR) is 53.8 cm³/mol. The number of hydrogen-bond acceptors (Lipinski definition) is 2. The van der Waals surface area contributed by atoms with E-state index >= 15 is 0 Å². The lowest BCUT2D eigenvalue weighted by atomic mass is 10.1. The van der Waals surface area contributed by atoms with Crippen LogP contribution in [0.3, 0.4) is 0 Å². The molecular weight excluding hydrogens is 178 g/mol. The van der Waals surface area contributed by atoms with E-state index < -0.39 is 0 Å². The smallest absolute Gasteiger partial charge is 0.228 e. The molecule has 2 N–H and O–H groups in total. The molecule has 0 aromatic carbocycles. The van der Waals surface area contributed by atoms with Crippen molar-refractivity contribution in [3.63, 3.8) is 0 Å². The highest BCUT2D eigenvalue weighted by molar-refractivity contribution is 5.91. The van der Waals surface area contributed by atoms with Crippen molar-refractivity contribution in [2.75, 3.05) is 5.32 Å². The third-order valence-electron chi connectivity index (χ3n) is 2.70. The summed E-state index contributed by atoms with van der Waals surface area (Å²) in [5.41, 5.74) is 0.958. The first-order valence-electron chi connectivity index (χ1n) is 4.99. The molecule has 4 nitrogen and oxygen atoms in total. The van der Waals surface area contributed by atoms with Gasteiger partial charge in [-0.05, 0) is 25.7 Å². The van der Waals surface area contributed by atoms with E-state index in [1.165, 1.54) is 12.8 Å². The molecule has 2 rings (SSSR count). The van der Waals surface area contributed by atoms with Crippen LogP contribution in [0.5, 0.6) is 0 Å². The summed E-state index contributed by atoms with van der Waals surface area (Å²) in [6.45, 7) is 3.89. The second kappa shape index (κ2) is 3.44. The third-order valence-corrected chi connectivity index (χ3v) is 2.70. The van der Waals surface area contributed by atoms with Crippen molar-refractivity contribution in [2.24, 2.45) is 11.8 Å². The molecule has 0 bridgehead atoms. The number of aryl methyl sites for hydroxylation is 1. The number of carbonyl (C=O) groups is 1. The minimum Gasteiger partial charge on any atom is -0.309 e. The van der Waals surface area contributed by atoms with Gasteiger partial charge in [-0.2, -0.15) is 5.10 Å². The van der Waals surface area contributed by atoms with Crippen LogP contribution in [-0.4, -0.2) is 16.1 Å². The van der Waals surface area contributed by atoms with Crippen LogP contribution in [0.1, 0.15) is 25.5 Å². The molecule has 1 amide bonds. The second-order valence-electron chi connectivity index (χ2n) is 4.05. The summed E-state index contributed by atoms with van der Waals surface area (Å²) in [5.74, 6) is 1.42. The monoisotopic (exact) mass is 193 g/mol. The molecule has 1 fully saturated rings. The highest BCUT2D eigenvalue weighted by Crippen LogP contribution is 2.36. The Morgan fingerprint density at radius 1 is 1.71 bits per heavy atom. The number of H-pyrrole nitrogens is 1. The van der Waals surface area contributed by atoms with E-state index in [-0.39, 0.29) is 11.8 Å². The van der Waals surface area contributed by atoms with Crippen molar-refractivity contribution in [2.45, 2.75) is 26.7 Å². The first kappa shape index (κ1) is 9.24. The summed E-state index contributed by atoms with van der Waals surface area (Å²) < 4.78 is 0. The number of hydrogen-bond donors (Lipinski definition) is 2. The standard InChI is InChI=1S/C10H15N3O/c1-6-5-9(13-12-6)11-10(14)7(2)8-3-4-8/h5,7-8H,3-4H2,1-2H3,(H2,11,12,13,14). The summed E-state index contributed by atoms with van der Waals surface area (Å²) in [6, 6.07) is 1.83. The summed E-state index contributed by atoms with van der Waals surface area (Å²) >= 11 is 0. The van der Waals surface area contributed by atoms with Crippen LogP contribution in [0.2, 0.25) is 0 Å². The molecule has 4 heteroatoms. The Kier molecular flexibility index (Phi) is 2.27. The predicted octanol–water partition coefficient (Wildman–Crippen LogP) is 1.70. The number of aromatic amines is 1. The van der Waals surface area contributed by atoms with Gasteiger partial charge < -0.3 is 5.32 Å². The Labute approximate surface area is 83.1 Å². The zero-order valence-corrected chi connectivity index (χ0v) is 8.50. The fraction of sp³-hybridized carbons (Fsp3) is 0.600. The van der Waals surface area contributed by atoms with Crippen LogP contribution >= 0.6 is 0 Å². The van der Waals surface area contributed by atoms with Gasteiger partial charge in [0.05, 0.1) is 0 Å². The van der Waals surface area contributed by atoms with E-state index in [1.807, 2.05) is 19.9 Å². The van der Waals surface area contributed by atoms with Crippen LogP contribution in [0.4, 0.5) is 5.82 Å². The molecular formula is C10H15N3O. The summed E-state index contributed by atoms with van der Waals surface area (Å²) in [4.78, 5) is 11.6. The Balaban J connectivity index is 1.93. The van der Waals surface area contributed by atoms with Crippen LogP contribution in [0, 0.1) is 18.8 Å².